The monoisotopic (exact) mass is 1610 g/mol. The maximum atomic E-state index is 6.38. The number of benzene rings is 24. The van der Waals surface area contributed by atoms with Gasteiger partial charge in [-0.1, -0.05) is 382 Å². The maximum absolute atomic E-state index is 6.38. The molecule has 0 spiro atoms. The fourth-order valence-corrected chi connectivity index (χ4v) is 20.5. The van der Waals surface area contributed by atoms with Crippen LogP contribution in [0.3, 0.4) is 0 Å². The number of hydrogen-bond acceptors (Lipinski definition) is 3. The molecule has 0 fully saturated rings. The molecule has 0 aliphatic rings. The van der Waals surface area contributed by atoms with Crippen LogP contribution >= 0.6 is 0 Å². The number of rotatable bonds is 8. The van der Waals surface area contributed by atoms with E-state index in [1.807, 2.05) is 0 Å². The molecular formula is C124H76O3. The first kappa shape index (κ1) is 73.0. The van der Waals surface area contributed by atoms with Gasteiger partial charge < -0.3 is 13.3 Å². The summed E-state index contributed by atoms with van der Waals surface area (Å²) in [5.41, 5.74) is 25.3. The molecule has 3 nitrogen and oxygen atoms in total. The first-order valence-corrected chi connectivity index (χ1v) is 43.6. The third-order valence-electron chi connectivity index (χ3n) is 26.3. The Balaban J connectivity index is 0.000000104. The largest absolute Gasteiger partial charge is 0.456 e. The van der Waals surface area contributed by atoms with Crippen LogP contribution in [0.4, 0.5) is 0 Å². The Morgan fingerprint density at radius 3 is 0.661 bits per heavy atom. The summed E-state index contributed by atoms with van der Waals surface area (Å²) in [4.78, 5) is 0. The number of hydrogen-bond donors (Lipinski definition) is 0. The fraction of sp³-hybridized carbons (Fsp3) is 0. The van der Waals surface area contributed by atoms with Crippen molar-refractivity contribution < 1.29 is 13.3 Å². The molecule has 27 rings (SSSR count). The highest BCUT2D eigenvalue weighted by molar-refractivity contribution is 6.27. The molecular weight excluding hydrogens is 1540 g/mol. The predicted octanol–water partition coefficient (Wildman–Crippen LogP) is 35.6. The third kappa shape index (κ3) is 12.4. The molecule has 127 heavy (non-hydrogen) atoms. The van der Waals surface area contributed by atoms with Crippen LogP contribution in [0, 0.1) is 0 Å². The van der Waals surface area contributed by atoms with Crippen LogP contribution in [0.2, 0.25) is 0 Å². The van der Waals surface area contributed by atoms with Crippen molar-refractivity contribution in [1.82, 2.24) is 0 Å². The molecule has 0 atom stereocenters. The van der Waals surface area contributed by atoms with Gasteiger partial charge in [0.15, 0.2) is 0 Å². The molecule has 590 valence electrons. The summed E-state index contributed by atoms with van der Waals surface area (Å²) in [6.45, 7) is 0. The Labute approximate surface area is 731 Å². The summed E-state index contributed by atoms with van der Waals surface area (Å²) < 4.78 is 19.0. The number of furan rings is 3. The Kier molecular flexibility index (Phi) is 17.3. The minimum Gasteiger partial charge on any atom is -0.456 e. The highest BCUT2D eigenvalue weighted by atomic mass is 16.3. The lowest BCUT2D eigenvalue weighted by molar-refractivity contribution is 0.669. The Hall–Kier alpha value is -16.7. The van der Waals surface area contributed by atoms with Crippen LogP contribution in [0.15, 0.2) is 474 Å². The molecule has 27 aromatic rings. The van der Waals surface area contributed by atoms with Crippen molar-refractivity contribution in [3.05, 3.63) is 461 Å². The molecule has 0 bridgehead atoms. The van der Waals surface area contributed by atoms with Crippen molar-refractivity contribution in [1.29, 1.82) is 0 Å². The van der Waals surface area contributed by atoms with E-state index in [0.29, 0.717) is 0 Å². The topological polar surface area (TPSA) is 39.4 Å². The summed E-state index contributed by atoms with van der Waals surface area (Å²) in [6.07, 6.45) is 0. The van der Waals surface area contributed by atoms with E-state index in [1.165, 1.54) is 197 Å². The van der Waals surface area contributed by atoms with Gasteiger partial charge in [-0.3, -0.25) is 0 Å². The average molecular weight is 1610 g/mol. The van der Waals surface area contributed by atoms with Crippen molar-refractivity contribution in [3.63, 3.8) is 0 Å². The predicted molar refractivity (Wildman–Crippen MR) is 540 cm³/mol. The van der Waals surface area contributed by atoms with Gasteiger partial charge in [0.1, 0.15) is 33.5 Å². The molecule has 3 heteroatoms. The lowest BCUT2D eigenvalue weighted by atomic mass is 9.85. The Bertz CT molecular complexity index is 8970. The lowest BCUT2D eigenvalue weighted by Gasteiger charge is -2.18. The molecule has 0 aliphatic carbocycles. The lowest BCUT2D eigenvalue weighted by Crippen LogP contribution is -1.91. The summed E-state index contributed by atoms with van der Waals surface area (Å²) in [5.74, 6) is 0. The molecule has 0 amide bonds. The fourth-order valence-electron chi connectivity index (χ4n) is 20.5. The van der Waals surface area contributed by atoms with Crippen LogP contribution < -0.4 is 0 Å². The van der Waals surface area contributed by atoms with E-state index in [9.17, 15) is 0 Å². The van der Waals surface area contributed by atoms with Crippen LogP contribution in [-0.2, 0) is 0 Å². The summed E-state index contributed by atoms with van der Waals surface area (Å²) in [7, 11) is 0. The van der Waals surface area contributed by atoms with Gasteiger partial charge >= 0.3 is 0 Å². The highest BCUT2D eigenvalue weighted by Gasteiger charge is 2.24. The molecule has 3 aromatic heterocycles. The van der Waals surface area contributed by atoms with Gasteiger partial charge in [0, 0.05) is 32.3 Å². The van der Waals surface area contributed by atoms with E-state index in [1.54, 1.807) is 0 Å². The average Bonchev–Trinajstić information content (AvgIpc) is 1.32. The van der Waals surface area contributed by atoms with Gasteiger partial charge in [-0.25, -0.2) is 0 Å². The van der Waals surface area contributed by atoms with Gasteiger partial charge in [0.25, 0.3) is 0 Å². The molecule has 0 radical (unpaired) electrons. The van der Waals surface area contributed by atoms with Crippen LogP contribution in [0.1, 0.15) is 0 Å². The highest BCUT2D eigenvalue weighted by Crippen LogP contribution is 2.51. The molecule has 3 heterocycles. The van der Waals surface area contributed by atoms with Gasteiger partial charge in [-0.15, -0.1) is 0 Å². The first-order valence-electron chi connectivity index (χ1n) is 43.6. The van der Waals surface area contributed by atoms with E-state index in [0.717, 1.165) is 65.8 Å². The maximum Gasteiger partial charge on any atom is 0.136 e. The quantitative estimate of drug-likeness (QED) is 0.142. The van der Waals surface area contributed by atoms with E-state index in [4.69, 9.17) is 13.3 Å². The van der Waals surface area contributed by atoms with Gasteiger partial charge in [-0.05, 0) is 276 Å². The minimum atomic E-state index is 0.912. The van der Waals surface area contributed by atoms with Crippen molar-refractivity contribution in [3.8, 4) is 89.0 Å². The SMILES string of the molecule is c1cc(-c2cccc3ccccc23)cc(-c2c3ccccc3c(-c3ccc4oc5cc6ccccc6cc5c4c3)c3ccccc23)c1.c1ccc(-c2c3ccccc3c(-c3ccc4oc5cc6ccccc6cc5c4c3)c3ccccc23)cc1.c1ccc(-c2ccc(-c3c4ccccc4c(-c4ccc5oc6cc7ccccc7cc6c5c4)c4ccccc34)cc2)cc1. The second kappa shape index (κ2) is 30.1. The number of fused-ring (bicyclic) bond motifs is 19. The van der Waals surface area contributed by atoms with Gasteiger partial charge in [-0.2, -0.15) is 0 Å². The van der Waals surface area contributed by atoms with E-state index in [-0.39, 0.29) is 0 Å². The third-order valence-corrected chi connectivity index (χ3v) is 26.3. The van der Waals surface area contributed by atoms with E-state index in [2.05, 4.69) is 461 Å². The molecule has 0 N–H and O–H groups in total. The summed E-state index contributed by atoms with van der Waals surface area (Å²) in [6, 6.07) is 166. The van der Waals surface area contributed by atoms with Crippen LogP contribution in [-0.4, -0.2) is 0 Å². The van der Waals surface area contributed by atoms with Gasteiger partial charge in [0.05, 0.1) is 0 Å². The van der Waals surface area contributed by atoms with Crippen LogP contribution in [0.25, 0.3) is 263 Å². The van der Waals surface area contributed by atoms with Gasteiger partial charge in [0.2, 0.25) is 0 Å². The molecule has 0 unspecified atom stereocenters. The Morgan fingerprint density at radius 1 is 0.102 bits per heavy atom. The van der Waals surface area contributed by atoms with Crippen molar-refractivity contribution in [2.24, 2.45) is 0 Å². The van der Waals surface area contributed by atoms with E-state index >= 15 is 0 Å². The van der Waals surface area contributed by atoms with Crippen molar-refractivity contribution in [2.45, 2.75) is 0 Å². The molecule has 24 aromatic carbocycles. The zero-order chi connectivity index (χ0) is 83.6. The zero-order valence-corrected chi connectivity index (χ0v) is 69.1. The Morgan fingerprint density at radius 2 is 0.315 bits per heavy atom. The molecule has 0 aliphatic heterocycles. The van der Waals surface area contributed by atoms with Crippen molar-refractivity contribution in [2.75, 3.05) is 0 Å². The molecule has 0 saturated carbocycles. The smallest absolute Gasteiger partial charge is 0.136 e. The summed E-state index contributed by atoms with van der Waals surface area (Å²) >= 11 is 0. The van der Waals surface area contributed by atoms with E-state index < -0.39 is 0 Å². The normalized spacial score (nSPS) is 11.8. The zero-order valence-electron chi connectivity index (χ0n) is 69.1. The molecule has 0 saturated heterocycles. The van der Waals surface area contributed by atoms with Crippen LogP contribution in [0.5, 0.6) is 0 Å². The minimum absolute atomic E-state index is 0.912. The standard InChI is InChI=1S/C46H28O.C42H26O.C36H22O/c1-2-13-31-28-44-42(26-30(31)12-1)41-27-34(23-24-43(41)47-44)46-39-20-7-5-18-37(39)45(38-19-6-8-21-40(38)46)33-16-9-15-32(25-33)36-22-10-14-29-11-3-4-17-35(29)36;1-2-10-27(11-3-1)28-18-20-29(21-19-28)41-33-14-6-8-16-35(33)42(36-17-9-7-15-34(36)41)32-22-23-39-37(25-32)38-24-30-12-4-5-13-31(30)26-40(38)43-39;1-2-10-23(11-3-1)35-27-14-6-8-16-29(27)36(30-17-9-7-15-28(30)35)26-18-19-33-31(21-26)32-20-24-12-4-5-13-25(24)22-34(32)37-33/h1-28H;1-26H;1-22H. The second-order valence-corrected chi connectivity index (χ2v) is 33.5. The second-order valence-electron chi connectivity index (χ2n) is 33.5. The van der Waals surface area contributed by atoms with Crippen molar-refractivity contribution >= 4 is 174 Å². The first-order chi connectivity index (χ1) is 63.0. The summed E-state index contributed by atoms with van der Waals surface area (Å²) in [5, 5.41) is 31.7.